The molecule has 3 aromatic rings. The molecule has 134 valence electrons. The average Bonchev–Trinajstić information content (AvgIpc) is 2.63. The number of carboxylic acid groups (broad SMARTS) is 1. The fourth-order valence-electron chi connectivity index (χ4n) is 3.35. The topological polar surface area (TPSA) is 72.8 Å². The van der Waals surface area contributed by atoms with Crippen molar-refractivity contribution in [2.75, 3.05) is 21.2 Å². The molecule has 0 spiro atoms. The summed E-state index contributed by atoms with van der Waals surface area (Å²) in [5.41, 5.74) is 1.57. The van der Waals surface area contributed by atoms with E-state index in [0.717, 1.165) is 5.56 Å². The monoisotopic (exact) mass is 373 g/mol. The molecule has 27 heavy (non-hydrogen) atoms. The van der Waals surface area contributed by atoms with Crippen LogP contribution in [0.2, 0.25) is 0 Å². The molecular formula is C21H20NNaO4. The first-order valence-electron chi connectivity index (χ1n) is 8.20. The van der Waals surface area contributed by atoms with Crippen LogP contribution in [0, 0.1) is 0 Å². The molecule has 0 heterocycles. The largest absolute Gasteiger partial charge is 1.00 e. The number of fused-ring (bicyclic) bond motifs is 1. The normalized spacial score (nSPS) is 11.9. The van der Waals surface area contributed by atoms with Crippen LogP contribution in [0.1, 0.15) is 27.5 Å². The second-order valence-electron chi connectivity index (χ2n) is 6.33. The molecule has 0 saturated carbocycles. The summed E-state index contributed by atoms with van der Waals surface area (Å²) in [6.45, 7) is 0. The minimum atomic E-state index is -1.34. The van der Waals surface area contributed by atoms with Gasteiger partial charge in [-0.05, 0) is 48.6 Å². The number of ether oxygens (including phenoxy) is 1. The van der Waals surface area contributed by atoms with E-state index in [0.29, 0.717) is 22.1 Å². The molecule has 0 aromatic heterocycles. The molecule has 0 saturated heterocycles. The summed E-state index contributed by atoms with van der Waals surface area (Å²) >= 11 is 0. The molecule has 0 fully saturated rings. The van der Waals surface area contributed by atoms with Crippen molar-refractivity contribution < 1.29 is 49.3 Å². The third-order valence-corrected chi connectivity index (χ3v) is 4.49. The Kier molecular flexibility index (Phi) is 6.89. The van der Waals surface area contributed by atoms with Crippen LogP contribution in [-0.2, 0) is 0 Å². The van der Waals surface area contributed by atoms with Crippen molar-refractivity contribution in [3.05, 3.63) is 71.3 Å². The van der Waals surface area contributed by atoms with Crippen LogP contribution < -0.4 is 39.4 Å². The van der Waals surface area contributed by atoms with Crippen LogP contribution in [0.25, 0.3) is 10.8 Å². The number of hydrogen-bond donors (Lipinski definition) is 1. The maximum Gasteiger partial charge on any atom is 1.00 e. The molecule has 0 amide bonds. The van der Waals surface area contributed by atoms with E-state index in [9.17, 15) is 15.0 Å². The Bertz CT molecular complexity index is 957. The SMILES string of the molecule is COc1ccc2c(C(c3ccccc3)N(C)C)c(O)cc(C(=O)[O-])c2c1.[Na+]. The predicted molar refractivity (Wildman–Crippen MR) is 98.5 cm³/mol. The zero-order valence-electron chi connectivity index (χ0n) is 15.9. The van der Waals surface area contributed by atoms with Gasteiger partial charge in [-0.1, -0.05) is 36.4 Å². The van der Waals surface area contributed by atoms with E-state index in [1.807, 2.05) is 49.3 Å². The van der Waals surface area contributed by atoms with Gasteiger partial charge in [0.15, 0.2) is 0 Å². The van der Waals surface area contributed by atoms with E-state index in [1.165, 1.54) is 13.2 Å². The molecule has 5 nitrogen and oxygen atoms in total. The van der Waals surface area contributed by atoms with Gasteiger partial charge in [-0.3, -0.25) is 4.90 Å². The van der Waals surface area contributed by atoms with Crippen molar-refractivity contribution in [2.45, 2.75) is 6.04 Å². The molecule has 0 aliphatic heterocycles. The number of aromatic hydroxyl groups is 1. The number of carbonyl (C=O) groups excluding carboxylic acids is 1. The van der Waals surface area contributed by atoms with Crippen LogP contribution in [0.3, 0.4) is 0 Å². The Morgan fingerprint density at radius 1 is 1.07 bits per heavy atom. The van der Waals surface area contributed by atoms with E-state index < -0.39 is 5.97 Å². The zero-order chi connectivity index (χ0) is 18.8. The number of benzene rings is 3. The molecule has 0 aliphatic carbocycles. The Labute approximate surface area is 180 Å². The average molecular weight is 373 g/mol. The van der Waals surface area contributed by atoms with Crippen molar-refractivity contribution in [1.82, 2.24) is 4.90 Å². The first kappa shape index (κ1) is 21.3. The molecule has 1 atom stereocenters. The van der Waals surface area contributed by atoms with E-state index in [-0.39, 0.29) is 46.9 Å². The smallest absolute Gasteiger partial charge is 0.545 e. The first-order chi connectivity index (χ1) is 12.4. The van der Waals surface area contributed by atoms with Crippen molar-refractivity contribution >= 4 is 16.7 Å². The minimum Gasteiger partial charge on any atom is -0.545 e. The van der Waals surface area contributed by atoms with Gasteiger partial charge in [0.25, 0.3) is 0 Å². The van der Waals surface area contributed by atoms with E-state index >= 15 is 0 Å². The number of phenols is 1. The van der Waals surface area contributed by atoms with Gasteiger partial charge in [-0.25, -0.2) is 0 Å². The number of rotatable bonds is 5. The number of methoxy groups -OCH3 is 1. The van der Waals surface area contributed by atoms with Crippen molar-refractivity contribution in [3.8, 4) is 11.5 Å². The zero-order valence-corrected chi connectivity index (χ0v) is 17.9. The Morgan fingerprint density at radius 3 is 2.30 bits per heavy atom. The second-order valence-corrected chi connectivity index (χ2v) is 6.33. The van der Waals surface area contributed by atoms with Crippen LogP contribution in [0.4, 0.5) is 0 Å². The number of carbonyl (C=O) groups is 1. The molecule has 6 heteroatoms. The maximum absolute atomic E-state index is 11.6. The van der Waals surface area contributed by atoms with Gasteiger partial charge in [-0.15, -0.1) is 0 Å². The van der Waals surface area contributed by atoms with E-state index in [4.69, 9.17) is 4.74 Å². The summed E-state index contributed by atoms with van der Waals surface area (Å²) in [5, 5.41) is 23.4. The standard InChI is InChI=1S/C21H21NO4.Na/c1-22(2)20(13-7-5-4-6-8-13)19-15-10-9-14(26-3)11-16(15)17(21(24)25)12-18(19)23;/h4-12,20,23H,1-3H3,(H,24,25);/q;+1/p-1. The van der Waals surface area contributed by atoms with E-state index in [1.54, 1.807) is 18.2 Å². The third-order valence-electron chi connectivity index (χ3n) is 4.49. The van der Waals surface area contributed by atoms with Gasteiger partial charge < -0.3 is 19.7 Å². The Balaban J connectivity index is 0.00000261. The molecule has 0 bridgehead atoms. The number of nitrogens with zero attached hydrogens (tertiary/aromatic N) is 1. The van der Waals surface area contributed by atoms with Gasteiger partial charge in [0.2, 0.25) is 0 Å². The fourth-order valence-corrected chi connectivity index (χ4v) is 3.35. The molecule has 1 unspecified atom stereocenters. The van der Waals surface area contributed by atoms with Crippen LogP contribution in [0.15, 0.2) is 54.6 Å². The molecule has 3 aromatic carbocycles. The number of phenolic OH excluding ortho intramolecular Hbond substituents is 1. The minimum absolute atomic E-state index is 0. The van der Waals surface area contributed by atoms with Gasteiger partial charge in [0.1, 0.15) is 11.5 Å². The van der Waals surface area contributed by atoms with Crippen LogP contribution >= 0.6 is 0 Å². The maximum atomic E-state index is 11.6. The Morgan fingerprint density at radius 2 is 1.74 bits per heavy atom. The van der Waals surface area contributed by atoms with Crippen LogP contribution in [0.5, 0.6) is 11.5 Å². The molecular weight excluding hydrogens is 353 g/mol. The van der Waals surface area contributed by atoms with Crippen molar-refractivity contribution in [2.24, 2.45) is 0 Å². The van der Waals surface area contributed by atoms with Gasteiger partial charge in [0, 0.05) is 11.1 Å². The summed E-state index contributed by atoms with van der Waals surface area (Å²) in [6.07, 6.45) is 0. The molecule has 1 N–H and O–H groups in total. The molecule has 3 rings (SSSR count). The predicted octanol–water partition coefficient (Wildman–Crippen LogP) is -0.427. The van der Waals surface area contributed by atoms with Crippen LogP contribution in [-0.4, -0.2) is 37.2 Å². The summed E-state index contributed by atoms with van der Waals surface area (Å²) in [4.78, 5) is 13.6. The van der Waals surface area contributed by atoms with E-state index in [2.05, 4.69) is 0 Å². The summed E-state index contributed by atoms with van der Waals surface area (Å²) in [6, 6.07) is 15.9. The summed E-state index contributed by atoms with van der Waals surface area (Å²) in [7, 11) is 5.35. The van der Waals surface area contributed by atoms with Crippen molar-refractivity contribution in [1.29, 1.82) is 0 Å². The quantitative estimate of drug-likeness (QED) is 0.615. The van der Waals surface area contributed by atoms with Gasteiger partial charge >= 0.3 is 29.6 Å². The first-order valence-corrected chi connectivity index (χ1v) is 8.20. The summed E-state index contributed by atoms with van der Waals surface area (Å²) in [5.74, 6) is -0.881. The van der Waals surface area contributed by atoms with Crippen molar-refractivity contribution in [3.63, 3.8) is 0 Å². The number of carboxylic acids is 1. The number of aromatic carboxylic acids is 1. The Hall–Kier alpha value is -2.05. The molecule has 0 radical (unpaired) electrons. The van der Waals surface area contributed by atoms with Gasteiger partial charge in [-0.2, -0.15) is 0 Å². The third kappa shape index (κ3) is 4.12. The number of hydrogen-bond acceptors (Lipinski definition) is 5. The molecule has 0 aliphatic rings. The second kappa shape index (κ2) is 8.76. The fraction of sp³-hybridized carbons (Fsp3) is 0.190. The van der Waals surface area contributed by atoms with Gasteiger partial charge in [0.05, 0.1) is 19.1 Å². The summed E-state index contributed by atoms with van der Waals surface area (Å²) < 4.78 is 5.23.